The molecule has 0 heterocycles. The van der Waals surface area contributed by atoms with Crippen LogP contribution in [0.5, 0.6) is 0 Å². The topological polar surface area (TPSA) is 93.1 Å². The number of aliphatic hydroxyl groups is 1. The highest BCUT2D eigenvalue weighted by atomic mass is 31.2. The average Bonchev–Trinajstić information content (AvgIpc) is 2.72. The van der Waals surface area contributed by atoms with Gasteiger partial charge in [-0.05, 0) is 6.42 Å². The predicted octanol–water partition coefficient (Wildman–Crippen LogP) is 5.28. The number of carbonyl (C=O) groups excluding carboxylic acids is 1. The number of unbranched alkanes of at least 4 members (excludes halogenated alkanes) is 12. The molecule has 0 amide bonds. The van der Waals surface area contributed by atoms with E-state index in [1.54, 1.807) is 0 Å². The molecule has 7 nitrogen and oxygen atoms in total. The number of carbonyl (C=O) groups is 1. The van der Waals surface area contributed by atoms with Gasteiger partial charge in [-0.2, -0.15) is 0 Å². The van der Waals surface area contributed by atoms with Crippen LogP contribution in [0.1, 0.15) is 96.8 Å². The SMILES string of the molecule is CCCCCCCCCCCCCCCC(=O)OCC(O)COP(=O)(O)CC[N+](C)(C)C. The third-order valence-corrected chi connectivity index (χ3v) is 6.76. The molecule has 2 unspecified atom stereocenters. The molecule has 0 saturated carbocycles. The molecule has 0 bridgehead atoms. The van der Waals surface area contributed by atoms with Crippen LogP contribution in [0, 0.1) is 0 Å². The number of hydrogen-bond acceptors (Lipinski definition) is 5. The van der Waals surface area contributed by atoms with Gasteiger partial charge in [-0.15, -0.1) is 0 Å². The molecule has 0 aliphatic carbocycles. The molecule has 0 aliphatic rings. The van der Waals surface area contributed by atoms with Crippen molar-refractivity contribution in [1.82, 2.24) is 0 Å². The van der Waals surface area contributed by atoms with E-state index in [1.807, 2.05) is 21.1 Å². The summed E-state index contributed by atoms with van der Waals surface area (Å²) in [5.41, 5.74) is 0. The molecule has 0 spiro atoms. The number of rotatable bonds is 22. The number of hydrogen-bond donors (Lipinski definition) is 2. The number of esters is 1. The van der Waals surface area contributed by atoms with Crippen molar-refractivity contribution in [3.05, 3.63) is 0 Å². The summed E-state index contributed by atoms with van der Waals surface area (Å²) >= 11 is 0. The first-order chi connectivity index (χ1) is 15.1. The summed E-state index contributed by atoms with van der Waals surface area (Å²) in [5, 5.41) is 9.84. The number of ether oxygens (including phenoxy) is 1. The van der Waals surface area contributed by atoms with Crippen LogP contribution in [-0.2, 0) is 18.6 Å². The second kappa shape index (κ2) is 18.9. The summed E-state index contributed by atoms with van der Waals surface area (Å²) in [6, 6.07) is 0. The lowest BCUT2D eigenvalue weighted by molar-refractivity contribution is -0.867. The van der Waals surface area contributed by atoms with Gasteiger partial charge >= 0.3 is 13.6 Å². The van der Waals surface area contributed by atoms with Crippen LogP contribution in [0.15, 0.2) is 0 Å². The third-order valence-electron chi connectivity index (χ3n) is 5.44. The predicted molar refractivity (Wildman–Crippen MR) is 131 cm³/mol. The Balaban J connectivity index is 3.56. The molecule has 8 heteroatoms. The Morgan fingerprint density at radius 3 is 1.78 bits per heavy atom. The molecule has 0 saturated heterocycles. The molecule has 192 valence electrons. The Hall–Kier alpha value is -0.460. The zero-order valence-corrected chi connectivity index (χ0v) is 22.1. The molecular formula is C24H51NO6P+. The Morgan fingerprint density at radius 1 is 0.844 bits per heavy atom. The van der Waals surface area contributed by atoms with Crippen molar-refractivity contribution in [2.45, 2.75) is 103 Å². The van der Waals surface area contributed by atoms with Crippen molar-refractivity contribution < 1.29 is 33.1 Å². The molecule has 0 aromatic heterocycles. The minimum atomic E-state index is -3.75. The molecule has 2 N–H and O–H groups in total. The maximum Gasteiger partial charge on any atom is 0.333 e. The van der Waals surface area contributed by atoms with Crippen molar-refractivity contribution in [2.75, 3.05) is 47.1 Å². The summed E-state index contributed by atoms with van der Waals surface area (Å²) in [6.45, 7) is 2.19. The number of aliphatic hydroxyl groups excluding tert-OH is 1. The zero-order valence-electron chi connectivity index (χ0n) is 21.2. The van der Waals surface area contributed by atoms with Gasteiger partial charge in [0.15, 0.2) is 0 Å². The van der Waals surface area contributed by atoms with E-state index in [1.165, 1.54) is 64.2 Å². The van der Waals surface area contributed by atoms with E-state index in [9.17, 15) is 19.4 Å². The van der Waals surface area contributed by atoms with E-state index in [4.69, 9.17) is 9.26 Å². The van der Waals surface area contributed by atoms with Crippen molar-refractivity contribution in [2.24, 2.45) is 0 Å². The largest absolute Gasteiger partial charge is 0.463 e. The fourth-order valence-corrected chi connectivity index (χ4v) is 4.68. The lowest BCUT2D eigenvalue weighted by Gasteiger charge is -2.25. The summed E-state index contributed by atoms with van der Waals surface area (Å²) in [5.74, 6) is -0.343. The molecular weight excluding hydrogens is 429 g/mol. The third kappa shape index (κ3) is 22.7. The second-order valence-electron chi connectivity index (χ2n) is 10.0. The van der Waals surface area contributed by atoms with Gasteiger partial charge in [-0.3, -0.25) is 9.36 Å². The standard InChI is InChI=1S/C24H50NO6P/c1-5-6-7-8-9-10-11-12-13-14-15-16-17-18-24(27)30-21-23(26)22-31-32(28,29)20-19-25(2,3)4/h23,26H,5-22H2,1-4H3/p+1. The lowest BCUT2D eigenvalue weighted by atomic mass is 10.0. The van der Waals surface area contributed by atoms with Gasteiger partial charge in [-0.25, -0.2) is 0 Å². The van der Waals surface area contributed by atoms with Crippen molar-refractivity contribution in [3.8, 4) is 0 Å². The molecule has 0 aromatic rings. The first kappa shape index (κ1) is 31.5. The lowest BCUT2D eigenvalue weighted by Crippen LogP contribution is -2.37. The monoisotopic (exact) mass is 480 g/mol. The highest BCUT2D eigenvalue weighted by Gasteiger charge is 2.24. The second-order valence-corrected chi connectivity index (χ2v) is 12.0. The Morgan fingerprint density at radius 2 is 1.31 bits per heavy atom. The highest BCUT2D eigenvalue weighted by Crippen LogP contribution is 2.41. The quantitative estimate of drug-likeness (QED) is 0.0948. The van der Waals surface area contributed by atoms with Gasteiger partial charge in [0.2, 0.25) is 0 Å². The van der Waals surface area contributed by atoms with Gasteiger partial charge in [0, 0.05) is 6.42 Å². The molecule has 2 atom stereocenters. The molecule has 0 aromatic carbocycles. The molecule has 0 radical (unpaired) electrons. The minimum absolute atomic E-state index is 0.0159. The van der Waals surface area contributed by atoms with Crippen LogP contribution in [0.3, 0.4) is 0 Å². The maximum atomic E-state index is 12.0. The van der Waals surface area contributed by atoms with Crippen LogP contribution in [0.2, 0.25) is 0 Å². The van der Waals surface area contributed by atoms with Crippen molar-refractivity contribution >= 4 is 13.6 Å². The van der Waals surface area contributed by atoms with E-state index in [-0.39, 0.29) is 25.3 Å². The van der Waals surface area contributed by atoms with Gasteiger partial charge in [0.05, 0.1) is 40.5 Å². The van der Waals surface area contributed by atoms with E-state index < -0.39 is 13.7 Å². The van der Waals surface area contributed by atoms with Gasteiger partial charge in [-0.1, -0.05) is 84.0 Å². The van der Waals surface area contributed by atoms with Crippen LogP contribution in [-0.4, -0.2) is 73.6 Å². The number of quaternary nitrogens is 1. The minimum Gasteiger partial charge on any atom is -0.463 e. The van der Waals surface area contributed by atoms with Crippen LogP contribution in [0.25, 0.3) is 0 Å². The summed E-state index contributed by atoms with van der Waals surface area (Å²) in [4.78, 5) is 21.6. The van der Waals surface area contributed by atoms with Crippen LogP contribution in [0.4, 0.5) is 0 Å². The van der Waals surface area contributed by atoms with E-state index >= 15 is 0 Å². The van der Waals surface area contributed by atoms with Crippen molar-refractivity contribution in [1.29, 1.82) is 0 Å². The summed E-state index contributed by atoms with van der Waals surface area (Å²) in [6.07, 6.45) is 15.5. The van der Waals surface area contributed by atoms with E-state index in [0.29, 0.717) is 17.4 Å². The maximum absolute atomic E-state index is 12.0. The Bertz CT molecular complexity index is 509. The smallest absolute Gasteiger partial charge is 0.333 e. The van der Waals surface area contributed by atoms with Gasteiger partial charge in [0.25, 0.3) is 0 Å². The summed E-state index contributed by atoms with van der Waals surface area (Å²) in [7, 11) is 2.02. The first-order valence-electron chi connectivity index (χ1n) is 12.7. The van der Waals surface area contributed by atoms with Gasteiger partial charge in [0.1, 0.15) is 12.7 Å². The Labute approximate surface area is 197 Å². The fourth-order valence-electron chi connectivity index (χ4n) is 3.29. The van der Waals surface area contributed by atoms with Crippen LogP contribution >= 0.6 is 7.60 Å². The van der Waals surface area contributed by atoms with Crippen LogP contribution < -0.4 is 0 Å². The summed E-state index contributed by atoms with van der Waals surface area (Å²) < 4.78 is 22.5. The number of nitrogens with zero attached hydrogens (tertiary/aromatic N) is 1. The normalized spacial score (nSPS) is 14.8. The molecule has 32 heavy (non-hydrogen) atoms. The Kier molecular flexibility index (Phi) is 18.6. The first-order valence-corrected chi connectivity index (χ1v) is 14.4. The molecule has 0 aliphatic heterocycles. The van der Waals surface area contributed by atoms with Gasteiger partial charge < -0.3 is 23.7 Å². The molecule has 0 fully saturated rings. The van der Waals surface area contributed by atoms with E-state index in [0.717, 1.165) is 19.3 Å². The zero-order chi connectivity index (χ0) is 24.3. The van der Waals surface area contributed by atoms with E-state index in [2.05, 4.69) is 6.92 Å². The average molecular weight is 481 g/mol. The molecule has 0 rings (SSSR count). The highest BCUT2D eigenvalue weighted by molar-refractivity contribution is 7.52. The van der Waals surface area contributed by atoms with Crippen molar-refractivity contribution in [3.63, 3.8) is 0 Å². The fraction of sp³-hybridized carbons (Fsp3) is 0.958.